The molecule has 0 bridgehead atoms. The molecule has 2 radical (unpaired) electrons. The molecule has 0 atom stereocenters. The molecule has 2 rings (SSSR count). The molecule has 178 valence electrons. The number of allylic oxidation sites excluding steroid dienone is 5. The van der Waals surface area contributed by atoms with Gasteiger partial charge < -0.3 is 4.98 Å². The number of fused-ring (bicyclic) bond motifs is 1. The maximum absolute atomic E-state index is 6.42. The van der Waals surface area contributed by atoms with Crippen LogP contribution >= 0.6 is 0 Å². The zero-order valence-electron chi connectivity index (χ0n) is 21.6. The lowest BCUT2D eigenvalue weighted by atomic mass is 9.67. The molecule has 1 heterocycles. The molecular formula is C31H46BN. The molecule has 0 aliphatic heterocycles. The van der Waals surface area contributed by atoms with Crippen LogP contribution in [0.4, 0.5) is 0 Å². The first-order valence-corrected chi connectivity index (χ1v) is 13.3. The highest BCUT2D eigenvalue weighted by atomic mass is 14.7. The summed E-state index contributed by atoms with van der Waals surface area (Å²) >= 11 is 0. The van der Waals surface area contributed by atoms with Crippen LogP contribution in [0, 0.1) is 0 Å². The van der Waals surface area contributed by atoms with Gasteiger partial charge in [0, 0.05) is 17.1 Å². The number of H-pyrrole nitrogens is 1. The normalized spacial score (nSPS) is 12.5. The summed E-state index contributed by atoms with van der Waals surface area (Å²) in [6.45, 7) is 10.8. The van der Waals surface area contributed by atoms with Crippen LogP contribution in [-0.4, -0.2) is 12.8 Å². The van der Waals surface area contributed by atoms with Crippen molar-refractivity contribution in [3.63, 3.8) is 0 Å². The molecule has 2 heteroatoms. The molecular weight excluding hydrogens is 397 g/mol. The highest BCUT2D eigenvalue weighted by Crippen LogP contribution is 2.32. The number of unbranched alkanes of at least 4 members (excludes halogenated alkanes) is 8. The van der Waals surface area contributed by atoms with Crippen LogP contribution < -0.4 is 0 Å². The molecule has 1 aromatic heterocycles. The molecule has 0 aliphatic rings. The Morgan fingerprint density at radius 2 is 1.61 bits per heavy atom. The lowest BCUT2D eigenvalue weighted by molar-refractivity contribution is 0.614. The second-order valence-electron chi connectivity index (χ2n) is 10.2. The van der Waals surface area contributed by atoms with E-state index in [2.05, 4.69) is 81.0 Å². The minimum Gasteiger partial charge on any atom is -0.361 e. The molecule has 1 nitrogen and oxygen atoms in total. The molecule has 0 saturated carbocycles. The van der Waals surface area contributed by atoms with E-state index in [0.29, 0.717) is 0 Å². The number of aromatic nitrogens is 1. The predicted molar refractivity (Wildman–Crippen MR) is 149 cm³/mol. The van der Waals surface area contributed by atoms with Crippen LogP contribution in [0.15, 0.2) is 60.9 Å². The van der Waals surface area contributed by atoms with E-state index in [1.54, 1.807) is 0 Å². The zero-order chi connectivity index (χ0) is 23.9. The SMILES string of the molecule is [B]C(C)(C)c1c[nH]c2cccc(CC(=C)CCCCCCC/C=C\C/C=C\CCCCC)c12. The minimum atomic E-state index is -0.351. The Bertz CT molecular complexity index is 878. The van der Waals surface area contributed by atoms with Gasteiger partial charge in [-0.1, -0.05) is 101 Å². The van der Waals surface area contributed by atoms with E-state index in [9.17, 15) is 0 Å². The maximum atomic E-state index is 6.42. The summed E-state index contributed by atoms with van der Waals surface area (Å²) in [5.74, 6) is 0. The first-order valence-electron chi connectivity index (χ1n) is 13.3. The fourth-order valence-corrected chi connectivity index (χ4v) is 4.46. The van der Waals surface area contributed by atoms with E-state index in [1.807, 2.05) is 0 Å². The number of aromatic amines is 1. The molecule has 0 spiro atoms. The number of rotatable bonds is 17. The average Bonchev–Trinajstić information content (AvgIpc) is 3.22. The van der Waals surface area contributed by atoms with E-state index in [-0.39, 0.29) is 5.31 Å². The molecule has 0 aliphatic carbocycles. The van der Waals surface area contributed by atoms with Crippen molar-refractivity contribution < 1.29 is 0 Å². The Hall–Kier alpha value is -1.96. The summed E-state index contributed by atoms with van der Waals surface area (Å²) < 4.78 is 0. The standard InChI is InChI=1S/C31H46BN/c1-5-6-7-8-9-10-11-12-13-14-15-16-17-18-19-21-26(2)24-27-22-20-23-29-30(27)28(25-33-29)31(3,4)32/h9-10,12-13,20,22-23,25,33H,2,5-8,11,14-19,21,24H2,1,3-4H3/b10-9-,13-12-. The smallest absolute Gasteiger partial charge is 0.0803 e. The van der Waals surface area contributed by atoms with Gasteiger partial charge >= 0.3 is 0 Å². The molecule has 2 aromatic rings. The van der Waals surface area contributed by atoms with Gasteiger partial charge in [0.2, 0.25) is 0 Å². The van der Waals surface area contributed by atoms with E-state index in [4.69, 9.17) is 7.85 Å². The van der Waals surface area contributed by atoms with Gasteiger partial charge in [-0.25, -0.2) is 0 Å². The molecule has 1 aromatic carbocycles. The monoisotopic (exact) mass is 443 g/mol. The number of benzene rings is 1. The Kier molecular flexibility index (Phi) is 12.4. The quantitative estimate of drug-likeness (QED) is 0.142. The third kappa shape index (κ3) is 10.2. The summed E-state index contributed by atoms with van der Waals surface area (Å²) in [6, 6.07) is 6.50. The van der Waals surface area contributed by atoms with Crippen LogP contribution in [0.25, 0.3) is 10.9 Å². The van der Waals surface area contributed by atoms with Crippen molar-refractivity contribution in [1.29, 1.82) is 0 Å². The minimum absolute atomic E-state index is 0.351. The first kappa shape index (κ1) is 27.3. The van der Waals surface area contributed by atoms with Crippen molar-refractivity contribution >= 4 is 18.7 Å². The van der Waals surface area contributed by atoms with Crippen molar-refractivity contribution in [3.8, 4) is 0 Å². The summed E-state index contributed by atoms with van der Waals surface area (Å²) in [6.07, 6.45) is 27.5. The molecule has 1 N–H and O–H groups in total. The van der Waals surface area contributed by atoms with Gasteiger partial charge in [-0.15, -0.1) is 0 Å². The summed E-state index contributed by atoms with van der Waals surface area (Å²) in [5, 5.41) is 0.932. The Labute approximate surface area is 205 Å². The molecule has 0 amide bonds. The fourth-order valence-electron chi connectivity index (χ4n) is 4.46. The number of hydrogen-bond acceptors (Lipinski definition) is 0. The van der Waals surface area contributed by atoms with Crippen molar-refractivity contribution in [3.05, 3.63) is 72.0 Å². The Morgan fingerprint density at radius 1 is 0.939 bits per heavy atom. The van der Waals surface area contributed by atoms with Crippen LogP contribution in [0.1, 0.15) is 109 Å². The number of nitrogens with one attached hydrogen (secondary N) is 1. The summed E-state index contributed by atoms with van der Waals surface area (Å²) in [7, 11) is 6.42. The van der Waals surface area contributed by atoms with E-state index >= 15 is 0 Å². The van der Waals surface area contributed by atoms with Gasteiger partial charge in [-0.05, 0) is 73.9 Å². The van der Waals surface area contributed by atoms with Crippen molar-refractivity contribution in [2.24, 2.45) is 0 Å². The molecule has 33 heavy (non-hydrogen) atoms. The van der Waals surface area contributed by atoms with Crippen LogP contribution in [0.2, 0.25) is 0 Å². The Morgan fingerprint density at radius 3 is 2.30 bits per heavy atom. The molecule has 0 unspecified atom stereocenters. The second-order valence-corrected chi connectivity index (χ2v) is 10.2. The topological polar surface area (TPSA) is 15.8 Å². The van der Waals surface area contributed by atoms with Gasteiger partial charge in [-0.3, -0.25) is 0 Å². The third-order valence-corrected chi connectivity index (χ3v) is 6.41. The first-order chi connectivity index (χ1) is 15.9. The van der Waals surface area contributed by atoms with Gasteiger partial charge in [0.05, 0.1) is 7.85 Å². The highest BCUT2D eigenvalue weighted by molar-refractivity contribution is 6.17. The lowest BCUT2D eigenvalue weighted by Crippen LogP contribution is -2.16. The van der Waals surface area contributed by atoms with Gasteiger partial charge in [0.25, 0.3) is 0 Å². The third-order valence-electron chi connectivity index (χ3n) is 6.41. The second kappa shape index (κ2) is 15.0. The van der Waals surface area contributed by atoms with E-state index in [0.717, 1.165) is 19.3 Å². The van der Waals surface area contributed by atoms with Crippen molar-refractivity contribution in [2.45, 2.75) is 110 Å². The van der Waals surface area contributed by atoms with Crippen molar-refractivity contribution in [2.75, 3.05) is 0 Å². The average molecular weight is 444 g/mol. The Balaban J connectivity index is 1.59. The predicted octanol–water partition coefficient (Wildman–Crippen LogP) is 9.48. The van der Waals surface area contributed by atoms with Crippen LogP contribution in [-0.2, 0) is 11.7 Å². The fraction of sp³-hybridized carbons (Fsp3) is 0.548. The van der Waals surface area contributed by atoms with Gasteiger partial charge in [0.1, 0.15) is 0 Å². The van der Waals surface area contributed by atoms with E-state index < -0.39 is 0 Å². The lowest BCUT2D eigenvalue weighted by Gasteiger charge is -2.19. The zero-order valence-corrected chi connectivity index (χ0v) is 21.6. The van der Waals surface area contributed by atoms with Crippen LogP contribution in [0.5, 0.6) is 0 Å². The van der Waals surface area contributed by atoms with Gasteiger partial charge in [0.15, 0.2) is 0 Å². The molecule has 0 fully saturated rings. The summed E-state index contributed by atoms with van der Waals surface area (Å²) in [4.78, 5) is 3.39. The van der Waals surface area contributed by atoms with Gasteiger partial charge in [-0.2, -0.15) is 0 Å². The highest BCUT2D eigenvalue weighted by Gasteiger charge is 2.19. The number of hydrogen-bond donors (Lipinski definition) is 1. The van der Waals surface area contributed by atoms with E-state index in [1.165, 1.54) is 91.8 Å². The maximum Gasteiger partial charge on any atom is 0.0803 e. The molecule has 0 saturated heterocycles. The van der Waals surface area contributed by atoms with Crippen LogP contribution in [0.3, 0.4) is 0 Å². The van der Waals surface area contributed by atoms with Crippen molar-refractivity contribution in [1.82, 2.24) is 4.98 Å². The largest absolute Gasteiger partial charge is 0.361 e. The summed E-state index contributed by atoms with van der Waals surface area (Å²) in [5.41, 5.74) is 5.04.